The average Bonchev–Trinajstić information content (AvgIpc) is 3.37. The lowest BCUT2D eigenvalue weighted by atomic mass is 9.83. The molecule has 1 amide bonds. The zero-order valence-electron chi connectivity index (χ0n) is 21.3. The van der Waals surface area contributed by atoms with Gasteiger partial charge in [-0.3, -0.25) is 4.79 Å². The van der Waals surface area contributed by atoms with Gasteiger partial charge >= 0.3 is 0 Å². The molecule has 0 radical (unpaired) electrons. The second kappa shape index (κ2) is 11.7. The third-order valence-corrected chi connectivity index (χ3v) is 6.89. The predicted octanol–water partition coefficient (Wildman–Crippen LogP) is 5.97. The fourth-order valence-electron chi connectivity index (χ4n) is 4.18. The van der Waals surface area contributed by atoms with Crippen LogP contribution in [0.1, 0.15) is 59.4 Å². The molecule has 2 atom stereocenters. The van der Waals surface area contributed by atoms with Gasteiger partial charge in [0.15, 0.2) is 16.8 Å². The predicted molar refractivity (Wildman–Crippen MR) is 147 cm³/mol. The van der Waals surface area contributed by atoms with Crippen LogP contribution in [0.15, 0.2) is 89.5 Å². The van der Waals surface area contributed by atoms with Gasteiger partial charge < -0.3 is 14.4 Å². The quantitative estimate of drug-likeness (QED) is 0.268. The number of amides is 1. The number of carbonyl (C=O) groups excluding carboxylic acids is 1. The zero-order valence-corrected chi connectivity index (χ0v) is 22.1. The van der Waals surface area contributed by atoms with Gasteiger partial charge in [-0.2, -0.15) is 0 Å². The third-order valence-electron chi connectivity index (χ3n) is 6.34. The van der Waals surface area contributed by atoms with Crippen molar-refractivity contribution in [3.63, 3.8) is 0 Å². The SMILES string of the molecule is CC(C)(C)c1ccc(C(Cc2ccc(C(=O)NCCS(=O)O)cc2)c2cc(-c3ccccc3)on2)cc1. The van der Waals surface area contributed by atoms with Crippen LogP contribution in [-0.4, -0.2) is 32.1 Å². The summed E-state index contributed by atoms with van der Waals surface area (Å²) < 4.78 is 25.4. The number of nitrogens with one attached hydrogen (secondary N) is 1. The highest BCUT2D eigenvalue weighted by Gasteiger charge is 2.22. The molecule has 0 fully saturated rings. The van der Waals surface area contributed by atoms with Gasteiger partial charge in [0.1, 0.15) is 0 Å². The molecule has 192 valence electrons. The molecule has 0 saturated heterocycles. The number of aromatic nitrogens is 1. The summed E-state index contributed by atoms with van der Waals surface area (Å²) in [5, 5.41) is 7.11. The van der Waals surface area contributed by atoms with Crippen molar-refractivity contribution in [2.24, 2.45) is 0 Å². The molecule has 3 aromatic carbocycles. The molecule has 2 N–H and O–H groups in total. The van der Waals surface area contributed by atoms with E-state index in [1.807, 2.05) is 48.5 Å². The number of carbonyl (C=O) groups is 1. The molecule has 7 heteroatoms. The topological polar surface area (TPSA) is 92.4 Å². The van der Waals surface area contributed by atoms with Crippen LogP contribution < -0.4 is 5.32 Å². The van der Waals surface area contributed by atoms with Crippen molar-refractivity contribution < 1.29 is 18.1 Å². The zero-order chi connectivity index (χ0) is 26.4. The highest BCUT2D eigenvalue weighted by Crippen LogP contribution is 2.33. The number of benzene rings is 3. The molecule has 1 aromatic heterocycles. The van der Waals surface area contributed by atoms with Crippen LogP contribution in [0.2, 0.25) is 0 Å². The number of hydrogen-bond donors (Lipinski definition) is 2. The summed E-state index contributed by atoms with van der Waals surface area (Å²) >= 11 is -1.93. The molecule has 4 aromatic rings. The Bertz CT molecular complexity index is 1340. The van der Waals surface area contributed by atoms with Gasteiger partial charge in [-0.05, 0) is 40.7 Å². The van der Waals surface area contributed by atoms with Gasteiger partial charge in [-0.15, -0.1) is 0 Å². The summed E-state index contributed by atoms with van der Waals surface area (Å²) in [4.78, 5) is 12.3. The van der Waals surface area contributed by atoms with E-state index in [0.717, 1.165) is 28.1 Å². The van der Waals surface area contributed by atoms with Gasteiger partial charge in [0, 0.05) is 29.7 Å². The maximum absolute atomic E-state index is 12.3. The summed E-state index contributed by atoms with van der Waals surface area (Å²) in [6.07, 6.45) is 0.682. The Morgan fingerprint density at radius 3 is 2.30 bits per heavy atom. The Morgan fingerprint density at radius 1 is 1.00 bits per heavy atom. The van der Waals surface area contributed by atoms with Crippen molar-refractivity contribution in [1.82, 2.24) is 10.5 Å². The largest absolute Gasteiger partial charge is 0.356 e. The van der Waals surface area contributed by atoms with Crippen LogP contribution in [0.5, 0.6) is 0 Å². The first kappa shape index (κ1) is 26.5. The van der Waals surface area contributed by atoms with Gasteiger partial charge in [0.2, 0.25) is 0 Å². The first-order valence-corrected chi connectivity index (χ1v) is 13.6. The van der Waals surface area contributed by atoms with Crippen LogP contribution in [0.25, 0.3) is 11.3 Å². The molecule has 0 aliphatic heterocycles. The van der Waals surface area contributed by atoms with Crippen LogP contribution in [0, 0.1) is 0 Å². The lowest BCUT2D eigenvalue weighted by Gasteiger charge is -2.21. The maximum atomic E-state index is 12.3. The molecule has 6 nitrogen and oxygen atoms in total. The van der Waals surface area contributed by atoms with E-state index in [1.165, 1.54) is 5.56 Å². The molecule has 0 aliphatic rings. The molecule has 0 bridgehead atoms. The monoisotopic (exact) mass is 516 g/mol. The normalized spacial score (nSPS) is 13.2. The molecule has 0 spiro atoms. The molecule has 2 unspecified atom stereocenters. The lowest BCUT2D eigenvalue weighted by molar-refractivity contribution is 0.0956. The minimum atomic E-state index is -1.93. The Kier molecular flexibility index (Phi) is 8.36. The molecule has 4 rings (SSSR count). The summed E-state index contributed by atoms with van der Waals surface area (Å²) in [6.45, 7) is 6.74. The Hall–Kier alpha value is -3.55. The summed E-state index contributed by atoms with van der Waals surface area (Å²) in [5.41, 5.74) is 5.85. The Labute approximate surface area is 220 Å². The number of rotatable bonds is 9. The van der Waals surface area contributed by atoms with E-state index >= 15 is 0 Å². The van der Waals surface area contributed by atoms with E-state index in [2.05, 4.69) is 55.5 Å². The molecular weight excluding hydrogens is 484 g/mol. The van der Waals surface area contributed by atoms with E-state index in [0.29, 0.717) is 12.0 Å². The maximum Gasteiger partial charge on any atom is 0.251 e. The third kappa shape index (κ3) is 7.02. The van der Waals surface area contributed by atoms with Crippen molar-refractivity contribution in [1.29, 1.82) is 0 Å². The van der Waals surface area contributed by atoms with E-state index in [4.69, 9.17) is 9.08 Å². The van der Waals surface area contributed by atoms with Gasteiger partial charge in [0.25, 0.3) is 5.91 Å². The Morgan fingerprint density at radius 2 is 1.68 bits per heavy atom. The van der Waals surface area contributed by atoms with Crippen molar-refractivity contribution in [2.75, 3.05) is 12.3 Å². The van der Waals surface area contributed by atoms with Gasteiger partial charge in [0.05, 0.1) is 11.4 Å². The molecule has 1 heterocycles. The smallest absolute Gasteiger partial charge is 0.251 e. The minimum Gasteiger partial charge on any atom is -0.356 e. The van der Waals surface area contributed by atoms with E-state index < -0.39 is 11.1 Å². The van der Waals surface area contributed by atoms with E-state index in [9.17, 15) is 9.00 Å². The summed E-state index contributed by atoms with van der Waals surface area (Å²) in [5.74, 6) is 0.426. The fraction of sp³-hybridized carbons (Fsp3) is 0.267. The Balaban J connectivity index is 1.59. The minimum absolute atomic E-state index is 0.00216. The van der Waals surface area contributed by atoms with Crippen molar-refractivity contribution in [2.45, 2.75) is 38.5 Å². The van der Waals surface area contributed by atoms with Crippen molar-refractivity contribution in [3.05, 3.63) is 113 Å². The van der Waals surface area contributed by atoms with Crippen LogP contribution in [0.4, 0.5) is 0 Å². The first-order chi connectivity index (χ1) is 17.7. The highest BCUT2D eigenvalue weighted by atomic mass is 32.2. The van der Waals surface area contributed by atoms with Gasteiger partial charge in [-0.25, -0.2) is 4.21 Å². The van der Waals surface area contributed by atoms with Crippen LogP contribution in [0.3, 0.4) is 0 Å². The highest BCUT2D eigenvalue weighted by molar-refractivity contribution is 7.79. The summed E-state index contributed by atoms with van der Waals surface area (Å²) in [6, 6.07) is 28.0. The van der Waals surface area contributed by atoms with Crippen molar-refractivity contribution >= 4 is 17.0 Å². The van der Waals surface area contributed by atoms with E-state index in [1.54, 1.807) is 12.1 Å². The standard InChI is InChI=1S/C30H32N2O4S/c1-30(2,3)25-15-13-22(14-16-25)26(27-20-28(36-32-27)23-7-5-4-6-8-23)19-21-9-11-24(12-10-21)29(33)31-17-18-37(34)35/h4-16,20,26H,17-19H2,1-3H3,(H,31,33)(H,34,35). The number of hydrogen-bond acceptors (Lipinski definition) is 4. The summed E-state index contributed by atoms with van der Waals surface area (Å²) in [7, 11) is 0. The fourth-order valence-corrected chi connectivity index (χ4v) is 4.46. The van der Waals surface area contributed by atoms with Gasteiger partial charge in [-0.1, -0.05) is 92.7 Å². The molecular formula is C30H32N2O4S. The molecule has 0 aliphatic carbocycles. The van der Waals surface area contributed by atoms with Crippen molar-refractivity contribution in [3.8, 4) is 11.3 Å². The molecule has 0 saturated carbocycles. The van der Waals surface area contributed by atoms with Crippen LogP contribution in [-0.2, 0) is 22.9 Å². The average molecular weight is 517 g/mol. The first-order valence-electron chi connectivity index (χ1n) is 12.3. The second-order valence-corrected chi connectivity index (χ2v) is 11.1. The van der Waals surface area contributed by atoms with E-state index in [-0.39, 0.29) is 29.5 Å². The lowest BCUT2D eigenvalue weighted by Crippen LogP contribution is -2.27. The molecule has 37 heavy (non-hydrogen) atoms. The van der Waals surface area contributed by atoms with Crippen LogP contribution >= 0.6 is 0 Å². The second-order valence-electron chi connectivity index (χ2n) is 10.1. The number of nitrogens with zero attached hydrogens (tertiary/aromatic N) is 1.